The van der Waals surface area contributed by atoms with Crippen LogP contribution in [-0.4, -0.2) is 39.5 Å². The van der Waals surface area contributed by atoms with Crippen LogP contribution < -0.4 is 0 Å². The Bertz CT molecular complexity index is 337. The highest BCUT2D eigenvalue weighted by molar-refractivity contribution is 5.91. The smallest absolute Gasteiger partial charge is 0.155 e. The van der Waals surface area contributed by atoms with Crippen molar-refractivity contribution in [3.8, 4) is 0 Å². The van der Waals surface area contributed by atoms with Crippen molar-refractivity contribution in [3.05, 3.63) is 11.6 Å². The lowest BCUT2D eigenvalue weighted by Crippen LogP contribution is -2.36. The van der Waals surface area contributed by atoms with Crippen molar-refractivity contribution < 1.29 is 19.0 Å². The molecule has 0 heterocycles. The molecule has 0 bridgehead atoms. The summed E-state index contributed by atoms with van der Waals surface area (Å²) >= 11 is 0. The van der Waals surface area contributed by atoms with Crippen molar-refractivity contribution in [1.82, 2.24) is 0 Å². The Balaban J connectivity index is 1.82. The topological polar surface area (TPSA) is 44.8 Å². The highest BCUT2D eigenvalue weighted by atomic mass is 16.7. The third kappa shape index (κ3) is 3.88. The van der Waals surface area contributed by atoms with Crippen LogP contribution in [0.4, 0.5) is 0 Å². The standard InChI is InChI=1S/C15H24O4/c1-17-8-9-18-12-19-11-15-6-3-2-4-13(15)10-14(16)5-7-15/h10H,2-9,11-12H2,1H3. The van der Waals surface area contributed by atoms with E-state index in [2.05, 4.69) is 0 Å². The van der Waals surface area contributed by atoms with Crippen molar-refractivity contribution >= 4 is 5.78 Å². The summed E-state index contributed by atoms with van der Waals surface area (Å²) in [6.45, 7) is 2.14. The summed E-state index contributed by atoms with van der Waals surface area (Å²) in [5.41, 5.74) is 1.42. The van der Waals surface area contributed by atoms with Crippen LogP contribution in [0.3, 0.4) is 0 Å². The van der Waals surface area contributed by atoms with Crippen molar-refractivity contribution in [2.45, 2.75) is 38.5 Å². The maximum absolute atomic E-state index is 11.6. The second-order valence-electron chi connectivity index (χ2n) is 5.49. The first-order valence-electron chi connectivity index (χ1n) is 7.15. The summed E-state index contributed by atoms with van der Waals surface area (Å²) in [6.07, 6.45) is 8.11. The molecule has 1 unspecified atom stereocenters. The van der Waals surface area contributed by atoms with Gasteiger partial charge in [0, 0.05) is 18.9 Å². The number of hydrogen-bond donors (Lipinski definition) is 0. The highest BCUT2D eigenvalue weighted by Crippen LogP contribution is 2.46. The van der Waals surface area contributed by atoms with E-state index >= 15 is 0 Å². The molecule has 0 aromatic heterocycles. The molecule has 0 saturated heterocycles. The van der Waals surface area contributed by atoms with Crippen molar-refractivity contribution in [3.63, 3.8) is 0 Å². The average Bonchev–Trinajstić information content (AvgIpc) is 2.43. The molecule has 1 saturated carbocycles. The van der Waals surface area contributed by atoms with E-state index in [0.717, 1.165) is 19.3 Å². The van der Waals surface area contributed by atoms with E-state index < -0.39 is 0 Å². The van der Waals surface area contributed by atoms with E-state index in [1.807, 2.05) is 6.08 Å². The van der Waals surface area contributed by atoms with Crippen LogP contribution in [0.25, 0.3) is 0 Å². The maximum Gasteiger partial charge on any atom is 0.155 e. The first kappa shape index (κ1) is 14.7. The van der Waals surface area contributed by atoms with Gasteiger partial charge in [0.25, 0.3) is 0 Å². The molecule has 19 heavy (non-hydrogen) atoms. The monoisotopic (exact) mass is 268 g/mol. The van der Waals surface area contributed by atoms with Gasteiger partial charge in [0.05, 0.1) is 19.8 Å². The van der Waals surface area contributed by atoms with Gasteiger partial charge in [-0.2, -0.15) is 0 Å². The van der Waals surface area contributed by atoms with Gasteiger partial charge in [-0.1, -0.05) is 12.0 Å². The molecular formula is C15H24O4. The molecule has 0 spiro atoms. The number of hydrogen-bond acceptors (Lipinski definition) is 4. The molecule has 108 valence electrons. The number of fused-ring (bicyclic) bond motifs is 1. The van der Waals surface area contributed by atoms with Crippen LogP contribution in [0.15, 0.2) is 11.6 Å². The minimum atomic E-state index is 0.108. The quantitative estimate of drug-likeness (QED) is 0.525. The van der Waals surface area contributed by atoms with Gasteiger partial charge < -0.3 is 14.2 Å². The van der Waals surface area contributed by atoms with E-state index in [4.69, 9.17) is 14.2 Å². The Morgan fingerprint density at radius 3 is 2.89 bits per heavy atom. The maximum atomic E-state index is 11.6. The second-order valence-corrected chi connectivity index (χ2v) is 5.49. The number of allylic oxidation sites excluding steroid dienone is 1. The van der Waals surface area contributed by atoms with E-state index in [1.54, 1.807) is 7.11 Å². The Kier molecular flexibility index (Phi) is 5.55. The summed E-state index contributed by atoms with van der Waals surface area (Å²) < 4.78 is 15.9. The zero-order valence-corrected chi connectivity index (χ0v) is 11.8. The van der Waals surface area contributed by atoms with Gasteiger partial charge in [-0.15, -0.1) is 0 Å². The molecule has 0 aromatic rings. The van der Waals surface area contributed by atoms with E-state index in [1.165, 1.54) is 18.4 Å². The molecule has 1 fully saturated rings. The lowest BCUT2D eigenvalue weighted by molar-refractivity contribution is -0.118. The third-order valence-corrected chi connectivity index (χ3v) is 4.19. The molecule has 2 aliphatic carbocycles. The van der Waals surface area contributed by atoms with Crippen LogP contribution in [0.2, 0.25) is 0 Å². The van der Waals surface area contributed by atoms with Gasteiger partial charge in [0.2, 0.25) is 0 Å². The summed E-state index contributed by atoms with van der Waals surface area (Å²) in [4.78, 5) is 11.6. The van der Waals surface area contributed by atoms with Crippen molar-refractivity contribution in [2.75, 3.05) is 33.7 Å². The number of methoxy groups -OCH3 is 1. The fourth-order valence-electron chi connectivity index (χ4n) is 3.08. The lowest BCUT2D eigenvalue weighted by Gasteiger charge is -2.41. The zero-order valence-electron chi connectivity index (χ0n) is 11.8. The van der Waals surface area contributed by atoms with Crippen LogP contribution in [0.5, 0.6) is 0 Å². The average molecular weight is 268 g/mol. The summed E-state index contributed by atoms with van der Waals surface area (Å²) in [6, 6.07) is 0. The fourth-order valence-corrected chi connectivity index (χ4v) is 3.08. The molecule has 0 radical (unpaired) electrons. The zero-order chi connectivity index (χ0) is 13.6. The minimum Gasteiger partial charge on any atom is -0.382 e. The predicted molar refractivity (Wildman–Crippen MR) is 71.9 cm³/mol. The molecule has 0 N–H and O–H groups in total. The van der Waals surface area contributed by atoms with Gasteiger partial charge in [-0.25, -0.2) is 0 Å². The minimum absolute atomic E-state index is 0.108. The van der Waals surface area contributed by atoms with Gasteiger partial charge in [0.15, 0.2) is 5.78 Å². The van der Waals surface area contributed by atoms with Crippen LogP contribution in [-0.2, 0) is 19.0 Å². The van der Waals surface area contributed by atoms with Gasteiger partial charge in [-0.05, 0) is 31.8 Å². The van der Waals surface area contributed by atoms with E-state index in [9.17, 15) is 4.79 Å². The van der Waals surface area contributed by atoms with Gasteiger partial charge in [0.1, 0.15) is 6.79 Å². The molecule has 1 atom stereocenters. The number of carbonyl (C=O) groups is 1. The van der Waals surface area contributed by atoms with Crippen LogP contribution in [0.1, 0.15) is 38.5 Å². The van der Waals surface area contributed by atoms with Crippen LogP contribution in [0, 0.1) is 5.41 Å². The summed E-state index contributed by atoms with van der Waals surface area (Å²) in [5, 5.41) is 0. The van der Waals surface area contributed by atoms with Crippen LogP contribution >= 0.6 is 0 Å². The van der Waals surface area contributed by atoms with E-state index in [-0.39, 0.29) is 11.2 Å². The van der Waals surface area contributed by atoms with Crippen molar-refractivity contribution in [2.24, 2.45) is 5.41 Å². The number of carbonyl (C=O) groups excluding carboxylic acids is 1. The second kappa shape index (κ2) is 7.17. The molecule has 4 heteroatoms. The number of ether oxygens (including phenoxy) is 3. The molecule has 2 aliphatic rings. The SMILES string of the molecule is COCCOCOCC12CCCCC1=CC(=O)CC2. The first-order chi connectivity index (χ1) is 9.27. The molecule has 0 aliphatic heterocycles. The molecule has 0 aromatic carbocycles. The lowest BCUT2D eigenvalue weighted by atomic mass is 9.65. The Labute approximate surface area is 115 Å². The summed E-state index contributed by atoms with van der Waals surface area (Å²) in [5.74, 6) is 0.281. The fraction of sp³-hybridized carbons (Fsp3) is 0.800. The highest BCUT2D eigenvalue weighted by Gasteiger charge is 2.39. The third-order valence-electron chi connectivity index (χ3n) is 4.19. The molecular weight excluding hydrogens is 244 g/mol. The molecule has 0 amide bonds. The number of ketones is 1. The largest absolute Gasteiger partial charge is 0.382 e. The molecule has 2 rings (SSSR count). The van der Waals surface area contributed by atoms with Gasteiger partial charge >= 0.3 is 0 Å². The van der Waals surface area contributed by atoms with Gasteiger partial charge in [-0.3, -0.25) is 4.79 Å². The Morgan fingerprint density at radius 1 is 1.16 bits per heavy atom. The number of rotatable bonds is 7. The van der Waals surface area contributed by atoms with E-state index in [0.29, 0.717) is 33.0 Å². The Hall–Kier alpha value is -0.710. The predicted octanol–water partition coefficient (Wildman–Crippen LogP) is 2.47. The molecule has 4 nitrogen and oxygen atoms in total. The van der Waals surface area contributed by atoms with Crippen molar-refractivity contribution in [1.29, 1.82) is 0 Å². The summed E-state index contributed by atoms with van der Waals surface area (Å²) in [7, 11) is 1.65. The Morgan fingerprint density at radius 2 is 2.05 bits per heavy atom. The normalized spacial score (nSPS) is 27.0. The first-order valence-corrected chi connectivity index (χ1v) is 7.15.